The molecule has 1 aliphatic heterocycles. The minimum absolute atomic E-state index is 0.115. The van der Waals surface area contributed by atoms with Crippen LogP contribution in [0.5, 0.6) is 5.75 Å². The number of carbonyl (C=O) groups is 1. The van der Waals surface area contributed by atoms with E-state index >= 15 is 0 Å². The first kappa shape index (κ1) is 18.3. The van der Waals surface area contributed by atoms with E-state index in [0.717, 1.165) is 23.3 Å². The fourth-order valence-corrected chi connectivity index (χ4v) is 3.10. The number of fused-ring (bicyclic) bond motifs is 1. The van der Waals surface area contributed by atoms with Gasteiger partial charge in [-0.15, -0.1) is 0 Å². The second kappa shape index (κ2) is 6.68. The summed E-state index contributed by atoms with van der Waals surface area (Å²) < 4.78 is 44.3. The first-order chi connectivity index (χ1) is 12.2. The second-order valence-electron chi connectivity index (χ2n) is 5.93. The molecule has 3 rings (SSSR count). The third kappa shape index (κ3) is 3.55. The molecule has 0 bridgehead atoms. The minimum Gasteiger partial charge on any atom is -0.497 e. The number of alkyl halides is 3. The fraction of sp³-hybridized carbons (Fsp3) is 0.211. The van der Waals surface area contributed by atoms with Crippen molar-refractivity contribution in [3.63, 3.8) is 0 Å². The van der Waals surface area contributed by atoms with Gasteiger partial charge in [-0.2, -0.15) is 13.2 Å². The van der Waals surface area contributed by atoms with Crippen LogP contribution in [0.25, 0.3) is 11.6 Å². The zero-order chi connectivity index (χ0) is 19.1. The number of carbonyl (C=O) groups excluding carboxylic acids is 1. The molecule has 3 nitrogen and oxygen atoms in total. The molecule has 136 valence electrons. The average molecular weight is 382 g/mol. The van der Waals surface area contributed by atoms with Crippen LogP contribution < -0.4 is 9.64 Å². The number of hydrogen-bond acceptors (Lipinski definition) is 2. The Morgan fingerprint density at radius 1 is 1.23 bits per heavy atom. The lowest BCUT2D eigenvalue weighted by Crippen LogP contribution is -2.25. The molecule has 26 heavy (non-hydrogen) atoms. The quantitative estimate of drug-likeness (QED) is 0.708. The number of anilines is 1. The van der Waals surface area contributed by atoms with Gasteiger partial charge in [-0.25, -0.2) is 0 Å². The average Bonchev–Trinajstić information content (AvgIpc) is 2.91. The van der Waals surface area contributed by atoms with Gasteiger partial charge in [0.25, 0.3) is 0 Å². The molecule has 0 aliphatic carbocycles. The van der Waals surface area contributed by atoms with E-state index in [-0.39, 0.29) is 18.2 Å². The zero-order valence-electron chi connectivity index (χ0n) is 14.0. The summed E-state index contributed by atoms with van der Waals surface area (Å²) in [5.74, 6) is -0.0528. The number of ether oxygens (including phenoxy) is 1. The van der Waals surface area contributed by atoms with Gasteiger partial charge in [-0.05, 0) is 47.5 Å². The Hall–Kier alpha value is -2.47. The number of amides is 1. The number of halogens is 4. The van der Waals surface area contributed by atoms with Gasteiger partial charge < -0.3 is 9.64 Å². The fourth-order valence-electron chi connectivity index (χ4n) is 2.93. The largest absolute Gasteiger partial charge is 0.497 e. The van der Waals surface area contributed by atoms with Gasteiger partial charge in [-0.3, -0.25) is 4.79 Å². The predicted octanol–water partition coefficient (Wildman–Crippen LogP) is 5.27. The summed E-state index contributed by atoms with van der Waals surface area (Å²) in [5, 5.41) is 0.483. The van der Waals surface area contributed by atoms with Gasteiger partial charge >= 0.3 is 6.18 Å². The number of benzene rings is 2. The molecule has 1 aliphatic rings. The Morgan fingerprint density at radius 2 is 1.96 bits per heavy atom. The molecule has 0 atom stereocenters. The molecular formula is C19H15ClF3NO2. The monoisotopic (exact) mass is 381 g/mol. The highest BCUT2D eigenvalue weighted by Crippen LogP contribution is 2.39. The van der Waals surface area contributed by atoms with E-state index in [9.17, 15) is 18.0 Å². The molecule has 0 unspecified atom stereocenters. The Balaban J connectivity index is 2.10. The van der Waals surface area contributed by atoms with Crippen LogP contribution >= 0.6 is 11.6 Å². The summed E-state index contributed by atoms with van der Waals surface area (Å²) in [5.41, 5.74) is 1.70. The van der Waals surface area contributed by atoms with Crippen LogP contribution in [-0.2, 0) is 11.0 Å². The Kier molecular flexibility index (Phi) is 4.71. The highest BCUT2D eigenvalue weighted by molar-refractivity contribution is 6.31. The standard InChI is InChI=1S/C19H15ClF3NO2/c1-11(25)24-10-13(17-4-3-15(20)9-18(17)24)5-12-6-14(19(21,22)23)8-16(7-12)26-2/h3-9H,10H2,1-2H3/b13-5-. The van der Waals surface area contributed by atoms with Crippen molar-refractivity contribution in [3.05, 3.63) is 58.1 Å². The first-order valence-electron chi connectivity index (χ1n) is 7.74. The molecule has 0 saturated heterocycles. The zero-order valence-corrected chi connectivity index (χ0v) is 14.8. The lowest BCUT2D eigenvalue weighted by atomic mass is 10.0. The summed E-state index contributed by atoms with van der Waals surface area (Å²) in [6.07, 6.45) is -2.85. The summed E-state index contributed by atoms with van der Waals surface area (Å²) in [6.45, 7) is 1.70. The summed E-state index contributed by atoms with van der Waals surface area (Å²) >= 11 is 6.01. The van der Waals surface area contributed by atoms with Crippen LogP contribution in [0, 0.1) is 0 Å². The van der Waals surface area contributed by atoms with Crippen molar-refractivity contribution >= 4 is 34.8 Å². The van der Waals surface area contributed by atoms with Crippen molar-refractivity contribution in [2.75, 3.05) is 18.6 Å². The smallest absolute Gasteiger partial charge is 0.416 e. The van der Waals surface area contributed by atoms with Crippen LogP contribution in [0.15, 0.2) is 36.4 Å². The molecule has 1 heterocycles. The molecule has 1 amide bonds. The molecule has 0 N–H and O–H groups in total. The van der Waals surface area contributed by atoms with E-state index < -0.39 is 11.7 Å². The van der Waals surface area contributed by atoms with Crippen molar-refractivity contribution in [1.82, 2.24) is 0 Å². The highest BCUT2D eigenvalue weighted by Gasteiger charge is 2.32. The third-order valence-corrected chi connectivity index (χ3v) is 4.37. The summed E-state index contributed by atoms with van der Waals surface area (Å²) in [4.78, 5) is 13.4. The normalized spacial score (nSPS) is 15.3. The van der Waals surface area contributed by atoms with Gasteiger partial charge in [0.05, 0.1) is 24.9 Å². The lowest BCUT2D eigenvalue weighted by molar-refractivity contribution is -0.137. The van der Waals surface area contributed by atoms with E-state index in [1.54, 1.807) is 24.3 Å². The van der Waals surface area contributed by atoms with Gasteiger partial charge in [0, 0.05) is 17.5 Å². The number of hydrogen-bond donors (Lipinski definition) is 0. The maximum atomic E-state index is 13.1. The van der Waals surface area contributed by atoms with E-state index in [1.165, 1.54) is 25.0 Å². The lowest BCUT2D eigenvalue weighted by Gasteiger charge is -2.14. The number of nitrogens with zero attached hydrogens (tertiary/aromatic N) is 1. The van der Waals surface area contributed by atoms with Crippen LogP contribution in [0.1, 0.15) is 23.6 Å². The van der Waals surface area contributed by atoms with Crippen molar-refractivity contribution in [2.45, 2.75) is 13.1 Å². The molecule has 0 radical (unpaired) electrons. The number of methoxy groups -OCH3 is 1. The molecule has 7 heteroatoms. The van der Waals surface area contributed by atoms with Crippen molar-refractivity contribution in [1.29, 1.82) is 0 Å². The summed E-state index contributed by atoms with van der Waals surface area (Å²) in [6, 6.07) is 8.65. The van der Waals surface area contributed by atoms with Crippen LogP contribution in [0.2, 0.25) is 5.02 Å². The van der Waals surface area contributed by atoms with E-state index in [1.807, 2.05) is 0 Å². The summed E-state index contributed by atoms with van der Waals surface area (Å²) in [7, 11) is 1.32. The Morgan fingerprint density at radius 3 is 2.58 bits per heavy atom. The molecular weight excluding hydrogens is 367 g/mol. The predicted molar refractivity (Wildman–Crippen MR) is 95.3 cm³/mol. The topological polar surface area (TPSA) is 29.5 Å². The van der Waals surface area contributed by atoms with Crippen molar-refractivity contribution in [3.8, 4) is 5.75 Å². The van der Waals surface area contributed by atoms with Crippen molar-refractivity contribution in [2.24, 2.45) is 0 Å². The molecule has 2 aromatic carbocycles. The van der Waals surface area contributed by atoms with Crippen molar-refractivity contribution < 1.29 is 22.7 Å². The SMILES string of the molecule is COc1cc(/C=C2/CN(C(C)=O)c3cc(Cl)ccc32)cc(C(F)(F)F)c1. The maximum Gasteiger partial charge on any atom is 0.416 e. The van der Waals surface area contributed by atoms with E-state index in [0.29, 0.717) is 16.3 Å². The Bertz CT molecular complexity index is 906. The maximum absolute atomic E-state index is 13.1. The second-order valence-corrected chi connectivity index (χ2v) is 6.37. The van der Waals surface area contributed by atoms with Gasteiger partial charge in [-0.1, -0.05) is 17.7 Å². The molecule has 0 saturated carbocycles. The molecule has 0 fully saturated rings. The Labute approximate surface area is 153 Å². The van der Waals surface area contributed by atoms with Gasteiger partial charge in [0.2, 0.25) is 5.91 Å². The van der Waals surface area contributed by atoms with Crippen LogP contribution in [0.3, 0.4) is 0 Å². The molecule has 2 aromatic rings. The third-order valence-electron chi connectivity index (χ3n) is 4.14. The van der Waals surface area contributed by atoms with E-state index in [2.05, 4.69) is 0 Å². The molecule has 0 spiro atoms. The highest BCUT2D eigenvalue weighted by atomic mass is 35.5. The minimum atomic E-state index is -4.48. The first-order valence-corrected chi connectivity index (χ1v) is 8.11. The van der Waals surface area contributed by atoms with Crippen LogP contribution in [0.4, 0.5) is 18.9 Å². The molecule has 0 aromatic heterocycles. The van der Waals surface area contributed by atoms with Gasteiger partial charge in [0.1, 0.15) is 5.75 Å². The number of rotatable bonds is 2. The van der Waals surface area contributed by atoms with Crippen LogP contribution in [-0.4, -0.2) is 19.6 Å². The van der Waals surface area contributed by atoms with Gasteiger partial charge in [0.15, 0.2) is 0 Å². The van der Waals surface area contributed by atoms with E-state index in [4.69, 9.17) is 16.3 Å².